The predicted octanol–water partition coefficient (Wildman–Crippen LogP) is 3.94. The number of unbranched alkanes of at least 4 members (excludes halogenated alkanes) is 1. The number of carbonyl (C=O) groups is 2. The Morgan fingerprint density at radius 1 is 1.19 bits per heavy atom. The molecule has 1 heterocycles. The SMILES string of the molecule is C=N/C(=C\SCNCCCCC(NC(C)=O)C(N)=O)c1ccc(-n2cccc2)cc1.CC. The summed E-state index contributed by atoms with van der Waals surface area (Å²) in [5.74, 6) is 0.00149. The Kier molecular flexibility index (Phi) is 13.5. The number of nitrogens with two attached hydrogens (primary N) is 1. The van der Waals surface area contributed by atoms with Crippen LogP contribution in [-0.2, 0) is 9.59 Å². The van der Waals surface area contributed by atoms with Gasteiger partial charge in [-0.15, -0.1) is 11.8 Å². The lowest BCUT2D eigenvalue weighted by molar-refractivity contribution is -0.126. The zero-order chi connectivity index (χ0) is 23.8. The van der Waals surface area contributed by atoms with Crippen LogP contribution in [0.4, 0.5) is 0 Å². The van der Waals surface area contributed by atoms with Gasteiger partial charge in [-0.05, 0) is 62.2 Å². The summed E-state index contributed by atoms with van der Waals surface area (Å²) < 4.78 is 2.05. The molecule has 1 aromatic carbocycles. The van der Waals surface area contributed by atoms with Gasteiger partial charge in [-0.25, -0.2) is 0 Å². The highest BCUT2D eigenvalue weighted by Gasteiger charge is 2.15. The van der Waals surface area contributed by atoms with Gasteiger partial charge in [0.05, 0.1) is 5.70 Å². The zero-order valence-electron chi connectivity index (χ0n) is 19.2. The first-order valence-corrected chi connectivity index (χ1v) is 11.9. The van der Waals surface area contributed by atoms with Crippen molar-refractivity contribution in [3.05, 3.63) is 59.8 Å². The van der Waals surface area contributed by atoms with Gasteiger partial charge in [-0.3, -0.25) is 14.6 Å². The molecule has 0 fully saturated rings. The number of aliphatic imine (C=N–C) groups is 1. The highest BCUT2D eigenvalue weighted by atomic mass is 32.2. The van der Waals surface area contributed by atoms with Gasteiger partial charge in [-0.1, -0.05) is 26.0 Å². The number of nitrogens with zero attached hydrogens (tertiary/aromatic N) is 2. The minimum Gasteiger partial charge on any atom is -0.368 e. The number of amides is 2. The molecule has 0 saturated heterocycles. The first-order valence-electron chi connectivity index (χ1n) is 10.8. The smallest absolute Gasteiger partial charge is 0.239 e. The van der Waals surface area contributed by atoms with Crippen molar-refractivity contribution in [1.29, 1.82) is 0 Å². The Balaban J connectivity index is 0.00000249. The number of thioether (sulfide) groups is 1. The van der Waals surface area contributed by atoms with E-state index in [2.05, 4.69) is 39.0 Å². The molecule has 0 aliphatic heterocycles. The number of carbonyl (C=O) groups excluding carboxylic acids is 2. The fraction of sp³-hybridized carbons (Fsp3) is 0.375. The molecule has 174 valence electrons. The Morgan fingerprint density at radius 3 is 2.41 bits per heavy atom. The third-order valence-electron chi connectivity index (χ3n) is 4.43. The van der Waals surface area contributed by atoms with Gasteiger partial charge < -0.3 is 20.9 Å². The van der Waals surface area contributed by atoms with Crippen LogP contribution in [0.1, 0.15) is 45.6 Å². The molecular formula is C24H35N5O2S. The van der Waals surface area contributed by atoms with E-state index < -0.39 is 11.9 Å². The summed E-state index contributed by atoms with van der Waals surface area (Å²) in [5.41, 5.74) is 8.24. The number of hydrogen-bond acceptors (Lipinski definition) is 5. The summed E-state index contributed by atoms with van der Waals surface area (Å²) in [6, 6.07) is 11.6. The van der Waals surface area contributed by atoms with E-state index in [1.807, 2.05) is 55.9 Å². The van der Waals surface area contributed by atoms with Crippen LogP contribution in [-0.4, -0.2) is 41.6 Å². The molecule has 8 heteroatoms. The van der Waals surface area contributed by atoms with Crippen molar-refractivity contribution in [1.82, 2.24) is 15.2 Å². The van der Waals surface area contributed by atoms with Crippen LogP contribution in [0.3, 0.4) is 0 Å². The fourth-order valence-electron chi connectivity index (χ4n) is 2.89. The van der Waals surface area contributed by atoms with Crippen LogP contribution in [0.2, 0.25) is 0 Å². The lowest BCUT2D eigenvalue weighted by atomic mass is 10.1. The molecule has 2 aromatic rings. The van der Waals surface area contributed by atoms with E-state index in [0.717, 1.165) is 42.2 Å². The standard InChI is InChI=1S/C22H29N5O2S.C2H6/c1-17(28)26-20(22(23)29)7-3-4-12-25-16-30-15-21(24-2)18-8-10-19(11-9-18)27-13-5-6-14-27;1-2/h5-6,8-11,13-15,20,25H,2-4,7,12,16H2,1H3,(H2,23,29)(H,26,28);1-2H3/b21-15-;. The first kappa shape index (κ1) is 27.2. The van der Waals surface area contributed by atoms with Gasteiger partial charge in [0.25, 0.3) is 0 Å². The fourth-order valence-corrected chi connectivity index (χ4v) is 3.60. The van der Waals surface area contributed by atoms with E-state index in [0.29, 0.717) is 6.42 Å². The quantitative estimate of drug-likeness (QED) is 0.241. The van der Waals surface area contributed by atoms with Crippen molar-refractivity contribution in [2.24, 2.45) is 10.7 Å². The molecule has 0 saturated carbocycles. The Hall–Kier alpha value is -2.84. The molecule has 2 rings (SSSR count). The van der Waals surface area contributed by atoms with E-state index in [4.69, 9.17) is 5.73 Å². The highest BCUT2D eigenvalue weighted by molar-refractivity contribution is 8.02. The van der Waals surface area contributed by atoms with Crippen LogP contribution in [0, 0.1) is 0 Å². The molecule has 1 unspecified atom stereocenters. The molecule has 32 heavy (non-hydrogen) atoms. The van der Waals surface area contributed by atoms with Crippen LogP contribution in [0.15, 0.2) is 59.2 Å². The lowest BCUT2D eigenvalue weighted by Crippen LogP contribution is -2.43. The molecule has 1 aromatic heterocycles. The van der Waals surface area contributed by atoms with Gasteiger partial charge in [0, 0.05) is 36.4 Å². The summed E-state index contributed by atoms with van der Waals surface area (Å²) in [6.45, 7) is 9.87. The highest BCUT2D eigenvalue weighted by Crippen LogP contribution is 2.21. The van der Waals surface area contributed by atoms with Gasteiger partial charge in [0.15, 0.2) is 0 Å². The second kappa shape index (κ2) is 15.9. The monoisotopic (exact) mass is 457 g/mol. The van der Waals surface area contributed by atoms with E-state index in [1.165, 1.54) is 6.92 Å². The molecule has 0 bridgehead atoms. The van der Waals surface area contributed by atoms with Crippen LogP contribution >= 0.6 is 11.8 Å². The van der Waals surface area contributed by atoms with Gasteiger partial charge >= 0.3 is 0 Å². The minimum atomic E-state index is -0.593. The molecule has 0 radical (unpaired) electrons. The zero-order valence-corrected chi connectivity index (χ0v) is 20.0. The second-order valence-electron chi connectivity index (χ2n) is 6.76. The molecule has 2 amide bonds. The van der Waals surface area contributed by atoms with Crippen LogP contribution < -0.4 is 16.4 Å². The van der Waals surface area contributed by atoms with Crippen molar-refractivity contribution < 1.29 is 9.59 Å². The molecule has 0 spiro atoms. The van der Waals surface area contributed by atoms with Crippen molar-refractivity contribution in [2.45, 2.75) is 46.1 Å². The lowest BCUT2D eigenvalue weighted by Gasteiger charge is -2.13. The predicted molar refractivity (Wildman–Crippen MR) is 136 cm³/mol. The summed E-state index contributed by atoms with van der Waals surface area (Å²) in [4.78, 5) is 26.5. The average Bonchev–Trinajstić information content (AvgIpc) is 3.33. The number of rotatable bonds is 13. The maximum atomic E-state index is 11.3. The van der Waals surface area contributed by atoms with Crippen molar-refractivity contribution >= 4 is 36.0 Å². The molecule has 0 aliphatic carbocycles. The van der Waals surface area contributed by atoms with Gasteiger partial charge in [0.2, 0.25) is 11.8 Å². The number of benzene rings is 1. The van der Waals surface area contributed by atoms with Crippen molar-refractivity contribution in [2.75, 3.05) is 12.4 Å². The third-order valence-corrected chi connectivity index (χ3v) is 5.19. The second-order valence-corrected chi connectivity index (χ2v) is 7.62. The summed E-state index contributed by atoms with van der Waals surface area (Å²) >= 11 is 1.62. The molecule has 1 atom stereocenters. The Morgan fingerprint density at radius 2 is 1.84 bits per heavy atom. The van der Waals surface area contributed by atoms with E-state index in [1.54, 1.807) is 11.8 Å². The van der Waals surface area contributed by atoms with E-state index in [9.17, 15) is 9.59 Å². The Labute approximate surface area is 195 Å². The molecule has 0 aliphatic rings. The summed E-state index contributed by atoms with van der Waals surface area (Å²) in [7, 11) is 0. The normalized spacial score (nSPS) is 11.8. The summed E-state index contributed by atoms with van der Waals surface area (Å²) in [6.07, 6.45) is 6.25. The van der Waals surface area contributed by atoms with Crippen LogP contribution in [0.5, 0.6) is 0 Å². The third kappa shape index (κ3) is 9.98. The van der Waals surface area contributed by atoms with Crippen molar-refractivity contribution in [3.63, 3.8) is 0 Å². The Bertz CT molecular complexity index is 848. The number of aromatic nitrogens is 1. The molecule has 4 N–H and O–H groups in total. The number of nitrogens with one attached hydrogen (secondary N) is 2. The number of primary amides is 1. The van der Waals surface area contributed by atoms with E-state index in [-0.39, 0.29) is 5.91 Å². The van der Waals surface area contributed by atoms with Gasteiger partial charge in [0.1, 0.15) is 6.04 Å². The molecular weight excluding hydrogens is 422 g/mol. The summed E-state index contributed by atoms with van der Waals surface area (Å²) in [5, 5.41) is 7.90. The largest absolute Gasteiger partial charge is 0.368 e. The van der Waals surface area contributed by atoms with Gasteiger partial charge in [-0.2, -0.15) is 0 Å². The van der Waals surface area contributed by atoms with Crippen LogP contribution in [0.25, 0.3) is 11.4 Å². The maximum Gasteiger partial charge on any atom is 0.239 e. The average molecular weight is 458 g/mol. The topological polar surface area (TPSA) is 102 Å². The minimum absolute atomic E-state index is 0.244. The first-order chi connectivity index (χ1) is 15.5. The number of hydrogen-bond donors (Lipinski definition) is 3. The maximum absolute atomic E-state index is 11.3. The molecule has 7 nitrogen and oxygen atoms in total. The van der Waals surface area contributed by atoms with E-state index >= 15 is 0 Å². The van der Waals surface area contributed by atoms with Crippen molar-refractivity contribution in [3.8, 4) is 5.69 Å².